The molecule has 6 rings (SSSR count). The third kappa shape index (κ3) is 3.40. The third-order valence-corrected chi connectivity index (χ3v) is 7.22. The largest absolute Gasteiger partial charge is 0.366 e. The van der Waals surface area contributed by atoms with Crippen LogP contribution in [0.3, 0.4) is 0 Å². The second-order valence-electron chi connectivity index (χ2n) is 8.30. The Morgan fingerprint density at radius 1 is 0.853 bits per heavy atom. The summed E-state index contributed by atoms with van der Waals surface area (Å²) in [7, 11) is 0. The molecule has 1 radical (unpaired) electrons. The molecule has 0 spiro atoms. The maximum atomic E-state index is 12.3. The first kappa shape index (κ1) is 20.5. The minimum absolute atomic E-state index is 0.426. The molecule has 163 valence electrons. The summed E-state index contributed by atoms with van der Waals surface area (Å²) in [6.07, 6.45) is 0. The van der Waals surface area contributed by atoms with Crippen molar-refractivity contribution in [1.82, 2.24) is 4.57 Å². The minimum Gasteiger partial charge on any atom is -0.366 e. The lowest BCUT2D eigenvalue weighted by Crippen LogP contribution is -2.11. The van der Waals surface area contributed by atoms with Crippen molar-refractivity contribution in [3.63, 3.8) is 0 Å². The summed E-state index contributed by atoms with van der Waals surface area (Å²) in [6, 6.07) is 36.5. The molecular weight excluding hydrogens is 436 g/mol. The Morgan fingerprint density at radius 2 is 1.68 bits per heavy atom. The highest BCUT2D eigenvalue weighted by atomic mass is 32.1. The molecule has 2 aromatic heterocycles. The number of thiophene rings is 1. The summed E-state index contributed by atoms with van der Waals surface area (Å²) in [6.45, 7) is 0.662. The lowest BCUT2D eigenvalue weighted by Gasteiger charge is -2.13. The van der Waals surface area contributed by atoms with Crippen LogP contribution in [0.25, 0.3) is 43.4 Å². The van der Waals surface area contributed by atoms with Crippen molar-refractivity contribution in [3.8, 4) is 21.6 Å². The highest BCUT2D eigenvalue weighted by Gasteiger charge is 2.18. The second-order valence-corrected chi connectivity index (χ2v) is 9.25. The molecule has 0 aliphatic rings. The van der Waals surface area contributed by atoms with Gasteiger partial charge in [0.1, 0.15) is 0 Å². The van der Waals surface area contributed by atoms with Crippen LogP contribution >= 0.6 is 11.3 Å². The van der Waals surface area contributed by atoms with E-state index in [9.17, 15) is 4.79 Å². The topological polar surface area (TPSA) is 48.0 Å². The van der Waals surface area contributed by atoms with Crippen LogP contribution in [-0.2, 0) is 6.54 Å². The number of primary amides is 1. The summed E-state index contributed by atoms with van der Waals surface area (Å²) in [4.78, 5) is 13.5. The lowest BCUT2D eigenvalue weighted by molar-refractivity contribution is 0.100. The van der Waals surface area contributed by atoms with Crippen LogP contribution in [0.2, 0.25) is 0 Å². The van der Waals surface area contributed by atoms with E-state index in [2.05, 4.69) is 88.8 Å². The van der Waals surface area contributed by atoms with Gasteiger partial charge in [0.15, 0.2) is 0 Å². The Morgan fingerprint density at radius 3 is 2.47 bits per heavy atom. The zero-order valence-electron chi connectivity index (χ0n) is 18.4. The zero-order valence-corrected chi connectivity index (χ0v) is 19.2. The number of rotatable bonds is 5. The van der Waals surface area contributed by atoms with Crippen molar-refractivity contribution in [3.05, 3.63) is 120 Å². The van der Waals surface area contributed by atoms with Gasteiger partial charge in [0, 0.05) is 27.8 Å². The van der Waals surface area contributed by atoms with Crippen LogP contribution in [0.4, 0.5) is 0 Å². The third-order valence-electron chi connectivity index (χ3n) is 6.30. The molecule has 3 nitrogen and oxygen atoms in total. The van der Waals surface area contributed by atoms with Gasteiger partial charge in [-0.05, 0) is 64.0 Å². The molecular formula is C30H21N2OS. The number of aromatic nitrogens is 1. The number of carbonyl (C=O) groups is 1. The summed E-state index contributed by atoms with van der Waals surface area (Å²) >= 11 is 1.71. The Balaban J connectivity index is 1.62. The Hall–Kier alpha value is -4.15. The van der Waals surface area contributed by atoms with Gasteiger partial charge in [-0.2, -0.15) is 0 Å². The van der Waals surface area contributed by atoms with Gasteiger partial charge in [0.05, 0.1) is 11.0 Å². The van der Waals surface area contributed by atoms with E-state index in [1.807, 2.05) is 18.2 Å². The molecule has 34 heavy (non-hydrogen) atoms. The number of amides is 1. The number of hydrogen-bond acceptors (Lipinski definition) is 2. The van der Waals surface area contributed by atoms with E-state index in [4.69, 9.17) is 5.73 Å². The average Bonchev–Trinajstić information content (AvgIpc) is 3.52. The van der Waals surface area contributed by atoms with Gasteiger partial charge in [-0.3, -0.25) is 4.79 Å². The number of benzene rings is 4. The van der Waals surface area contributed by atoms with E-state index in [-0.39, 0.29) is 0 Å². The van der Waals surface area contributed by atoms with Crippen LogP contribution in [0.1, 0.15) is 15.9 Å². The molecule has 0 bridgehead atoms. The van der Waals surface area contributed by atoms with Gasteiger partial charge in [0.2, 0.25) is 5.91 Å². The highest BCUT2D eigenvalue weighted by molar-refractivity contribution is 7.13. The van der Waals surface area contributed by atoms with Crippen LogP contribution < -0.4 is 5.73 Å². The number of hydrogen-bond donors (Lipinski definition) is 1. The molecule has 0 fully saturated rings. The number of fused-ring (bicyclic) bond motifs is 3. The standard InChI is InChI=1S/C30H21N2OS/c31-30(33)25-12-6-13-26-29(25)24-16-15-21(28-14-7-17-34-28)18-27(24)32(26)19-22-10-4-5-11-23(22)20-8-2-1-3-9-20/h1-15,17-18H,19H2,(H2,31,33). The smallest absolute Gasteiger partial charge is 0.249 e. The molecule has 0 saturated carbocycles. The van der Waals surface area contributed by atoms with Crippen molar-refractivity contribution in [2.24, 2.45) is 5.73 Å². The molecule has 0 atom stereocenters. The number of nitrogens with zero attached hydrogens (tertiary/aromatic N) is 1. The molecule has 4 heteroatoms. The summed E-state index contributed by atoms with van der Waals surface area (Å²) < 4.78 is 2.28. The van der Waals surface area contributed by atoms with Gasteiger partial charge in [0.25, 0.3) is 0 Å². The molecule has 1 amide bonds. The van der Waals surface area contributed by atoms with Gasteiger partial charge in [-0.25, -0.2) is 0 Å². The van der Waals surface area contributed by atoms with E-state index in [0.29, 0.717) is 12.1 Å². The van der Waals surface area contributed by atoms with Crippen LogP contribution in [-0.4, -0.2) is 10.5 Å². The van der Waals surface area contributed by atoms with Crippen molar-refractivity contribution in [2.45, 2.75) is 6.54 Å². The monoisotopic (exact) mass is 457 g/mol. The fourth-order valence-corrected chi connectivity index (χ4v) is 5.46. The van der Waals surface area contributed by atoms with Gasteiger partial charge in [-0.15, -0.1) is 11.3 Å². The maximum Gasteiger partial charge on any atom is 0.249 e. The lowest BCUT2D eigenvalue weighted by atomic mass is 9.99. The van der Waals surface area contributed by atoms with Crippen molar-refractivity contribution in [2.75, 3.05) is 0 Å². The highest BCUT2D eigenvalue weighted by Crippen LogP contribution is 2.36. The van der Waals surface area contributed by atoms with E-state index < -0.39 is 5.91 Å². The first-order valence-corrected chi connectivity index (χ1v) is 12.0. The normalized spacial score (nSPS) is 11.3. The van der Waals surface area contributed by atoms with Gasteiger partial charge < -0.3 is 10.3 Å². The number of nitrogens with two attached hydrogens (primary N) is 1. The van der Waals surface area contributed by atoms with Crippen LogP contribution in [0, 0.1) is 6.07 Å². The quantitative estimate of drug-likeness (QED) is 0.294. The first-order chi connectivity index (χ1) is 16.7. The van der Waals surface area contributed by atoms with E-state index in [1.54, 1.807) is 17.4 Å². The fourth-order valence-electron chi connectivity index (χ4n) is 4.74. The summed E-state index contributed by atoms with van der Waals surface area (Å²) in [5.41, 5.74) is 13.0. The molecule has 4 aromatic carbocycles. The van der Waals surface area contributed by atoms with Crippen molar-refractivity contribution >= 4 is 39.0 Å². The first-order valence-electron chi connectivity index (χ1n) is 11.1. The summed E-state index contributed by atoms with van der Waals surface area (Å²) in [5, 5.41) is 3.86. The van der Waals surface area contributed by atoms with Crippen molar-refractivity contribution in [1.29, 1.82) is 0 Å². The Kier molecular flexibility index (Phi) is 5.01. The van der Waals surface area contributed by atoms with Crippen molar-refractivity contribution < 1.29 is 4.79 Å². The molecule has 0 unspecified atom stereocenters. The molecule has 0 aliphatic carbocycles. The zero-order chi connectivity index (χ0) is 23.1. The fraction of sp³-hybridized carbons (Fsp3) is 0.0333. The minimum atomic E-state index is -0.426. The molecule has 6 aromatic rings. The average molecular weight is 458 g/mol. The predicted octanol–water partition coefficient (Wildman–Crippen LogP) is 7.14. The molecule has 0 saturated heterocycles. The summed E-state index contributed by atoms with van der Waals surface area (Å²) in [5.74, 6) is -0.426. The van der Waals surface area contributed by atoms with Crippen LogP contribution in [0.15, 0.2) is 102 Å². The molecule has 2 N–H and O–H groups in total. The maximum absolute atomic E-state index is 12.3. The van der Waals surface area contributed by atoms with E-state index in [1.165, 1.54) is 21.6 Å². The molecule has 0 aliphatic heterocycles. The Labute approximate surface area is 201 Å². The SMILES string of the molecule is NC(=O)c1cccc2c1c1[c]cc(-c3cccs3)cc1n2Cc1ccccc1-c1ccccc1. The van der Waals surface area contributed by atoms with Crippen LogP contribution in [0.5, 0.6) is 0 Å². The Bertz CT molecular complexity index is 1650. The second kappa shape index (κ2) is 8.32. The number of carbonyl (C=O) groups excluding carboxylic acids is 1. The predicted molar refractivity (Wildman–Crippen MR) is 141 cm³/mol. The van der Waals surface area contributed by atoms with Gasteiger partial charge >= 0.3 is 0 Å². The van der Waals surface area contributed by atoms with E-state index in [0.717, 1.165) is 27.4 Å². The van der Waals surface area contributed by atoms with E-state index >= 15 is 0 Å². The van der Waals surface area contributed by atoms with Gasteiger partial charge in [-0.1, -0.05) is 66.7 Å². The molecule has 2 heterocycles.